The van der Waals surface area contributed by atoms with Crippen molar-refractivity contribution in [2.45, 2.75) is 36.4 Å². The summed E-state index contributed by atoms with van der Waals surface area (Å²) < 4.78 is 56.4. The Kier molecular flexibility index (Phi) is 9.97. The number of hydrogen-bond acceptors (Lipinski definition) is 10. The van der Waals surface area contributed by atoms with Crippen molar-refractivity contribution in [2.75, 3.05) is 41.0 Å². The first-order chi connectivity index (χ1) is 22.1. The molecule has 0 unspecified atom stereocenters. The molecule has 46 heavy (non-hydrogen) atoms. The van der Waals surface area contributed by atoms with Gasteiger partial charge in [-0.05, 0) is 60.0 Å². The molecule has 0 saturated carbocycles. The Hall–Kier alpha value is -4.82. The van der Waals surface area contributed by atoms with Crippen molar-refractivity contribution in [2.24, 2.45) is 0 Å². The molecule has 0 spiro atoms. The third-order valence-corrected chi connectivity index (χ3v) is 9.58. The number of nitrogens with one attached hydrogen (secondary N) is 2. The quantitative estimate of drug-likeness (QED) is 0.362. The maximum atomic E-state index is 13.8. The predicted molar refractivity (Wildman–Crippen MR) is 165 cm³/mol. The van der Waals surface area contributed by atoms with Gasteiger partial charge in [-0.2, -0.15) is 4.31 Å². The molecular formula is C32H35N3O10S. The van der Waals surface area contributed by atoms with Gasteiger partial charge < -0.3 is 34.3 Å². The molecule has 0 aliphatic carbocycles. The van der Waals surface area contributed by atoms with E-state index in [1.165, 1.54) is 49.9 Å². The lowest BCUT2D eigenvalue weighted by Gasteiger charge is -2.22. The van der Waals surface area contributed by atoms with Crippen molar-refractivity contribution in [3.05, 3.63) is 77.4 Å². The molecule has 3 aliphatic heterocycles. The lowest BCUT2D eigenvalue weighted by Crippen LogP contribution is -2.45. The number of nitrogens with zero attached hydrogens (tertiary/aromatic N) is 1. The topological polar surface area (TPSA) is 159 Å². The van der Waals surface area contributed by atoms with Gasteiger partial charge in [0.2, 0.25) is 10.0 Å². The highest BCUT2D eigenvalue weighted by Crippen LogP contribution is 2.33. The number of fused-ring (bicyclic) bond motifs is 7. The number of benzene rings is 3. The van der Waals surface area contributed by atoms with Gasteiger partial charge in [-0.25, -0.2) is 8.42 Å². The first kappa shape index (κ1) is 32.6. The molecule has 3 heterocycles. The van der Waals surface area contributed by atoms with Crippen LogP contribution in [0.3, 0.4) is 0 Å². The van der Waals surface area contributed by atoms with Gasteiger partial charge in [0.1, 0.15) is 6.10 Å². The van der Waals surface area contributed by atoms with Gasteiger partial charge in [0.05, 0.1) is 38.8 Å². The molecule has 13 nitrogen and oxygen atoms in total. The van der Waals surface area contributed by atoms with Crippen LogP contribution < -0.4 is 29.6 Å². The summed E-state index contributed by atoms with van der Waals surface area (Å²) in [5, 5.41) is 5.70. The number of amides is 2. The minimum Gasteiger partial charge on any atom is -0.493 e. The van der Waals surface area contributed by atoms with Gasteiger partial charge >= 0.3 is 5.97 Å². The third kappa shape index (κ3) is 7.35. The molecule has 2 amide bonds. The Bertz CT molecular complexity index is 1710. The molecule has 1 fully saturated rings. The van der Waals surface area contributed by atoms with E-state index >= 15 is 0 Å². The molecule has 3 aliphatic rings. The van der Waals surface area contributed by atoms with Crippen LogP contribution in [0.2, 0.25) is 0 Å². The summed E-state index contributed by atoms with van der Waals surface area (Å²) in [6, 6.07) is 15.2. The normalized spacial score (nSPS) is 18.7. The Labute approximate surface area is 266 Å². The first-order valence-electron chi connectivity index (χ1n) is 14.5. The van der Waals surface area contributed by atoms with Gasteiger partial charge in [-0.1, -0.05) is 18.2 Å². The van der Waals surface area contributed by atoms with Crippen LogP contribution >= 0.6 is 0 Å². The summed E-state index contributed by atoms with van der Waals surface area (Å²) in [7, 11) is 0.237. The lowest BCUT2D eigenvalue weighted by atomic mass is 10.1. The number of aryl methyl sites for hydroxylation is 1. The minimum atomic E-state index is -3.99. The number of sulfonamides is 1. The molecule has 0 aromatic heterocycles. The van der Waals surface area contributed by atoms with Gasteiger partial charge in [-0.3, -0.25) is 14.4 Å². The monoisotopic (exact) mass is 653 g/mol. The van der Waals surface area contributed by atoms with Crippen LogP contribution in [0.5, 0.6) is 23.0 Å². The fourth-order valence-corrected chi connectivity index (χ4v) is 6.66. The maximum absolute atomic E-state index is 13.8. The van der Waals surface area contributed by atoms with Crippen LogP contribution in [0.25, 0.3) is 0 Å². The van der Waals surface area contributed by atoms with Crippen molar-refractivity contribution >= 4 is 27.8 Å². The van der Waals surface area contributed by atoms with Crippen molar-refractivity contribution in [3.8, 4) is 23.0 Å². The van der Waals surface area contributed by atoms with E-state index in [4.69, 9.17) is 18.9 Å². The van der Waals surface area contributed by atoms with Crippen LogP contribution in [0.4, 0.5) is 0 Å². The van der Waals surface area contributed by atoms with E-state index in [9.17, 15) is 22.8 Å². The minimum absolute atomic E-state index is 0.0602. The molecule has 2 atom stereocenters. The van der Waals surface area contributed by atoms with Crippen molar-refractivity contribution in [1.29, 1.82) is 0 Å². The number of rotatable bonds is 7. The second-order valence-corrected chi connectivity index (χ2v) is 12.6. The molecule has 0 radical (unpaired) electrons. The Morgan fingerprint density at radius 2 is 1.70 bits per heavy atom. The highest BCUT2D eigenvalue weighted by atomic mass is 32.2. The number of methoxy groups -OCH3 is 3. The smallest absolute Gasteiger partial charge is 0.305 e. The van der Waals surface area contributed by atoms with E-state index in [-0.39, 0.29) is 60.7 Å². The summed E-state index contributed by atoms with van der Waals surface area (Å²) >= 11 is 0. The molecule has 244 valence electrons. The molecule has 3 aromatic rings. The predicted octanol–water partition coefficient (Wildman–Crippen LogP) is 2.07. The molecular weight excluding hydrogens is 618 g/mol. The number of ether oxygens (including phenoxy) is 5. The van der Waals surface area contributed by atoms with Gasteiger partial charge in [0.25, 0.3) is 11.8 Å². The second kappa shape index (κ2) is 14.1. The molecule has 2 N–H and O–H groups in total. The summed E-state index contributed by atoms with van der Waals surface area (Å²) in [4.78, 5) is 37.6. The van der Waals surface area contributed by atoms with Gasteiger partial charge in [0.15, 0.2) is 29.6 Å². The molecule has 4 bridgehead atoms. The molecule has 14 heteroatoms. The average Bonchev–Trinajstić information content (AvgIpc) is 3.47. The lowest BCUT2D eigenvalue weighted by molar-refractivity contribution is -0.140. The van der Waals surface area contributed by atoms with Crippen LogP contribution in [-0.4, -0.2) is 83.7 Å². The number of carbonyl (C=O) groups is 3. The van der Waals surface area contributed by atoms with Crippen molar-refractivity contribution in [3.63, 3.8) is 0 Å². The van der Waals surface area contributed by atoms with E-state index in [0.717, 1.165) is 11.1 Å². The molecule has 6 rings (SSSR count). The summed E-state index contributed by atoms with van der Waals surface area (Å²) in [5.41, 5.74) is 1.73. The fourth-order valence-electron chi connectivity index (χ4n) is 5.18. The van der Waals surface area contributed by atoms with Crippen LogP contribution in [0, 0.1) is 0 Å². The van der Waals surface area contributed by atoms with Crippen LogP contribution in [0.1, 0.15) is 27.9 Å². The summed E-state index contributed by atoms with van der Waals surface area (Å²) in [6.07, 6.45) is -0.204. The van der Waals surface area contributed by atoms with E-state index in [2.05, 4.69) is 15.4 Å². The average molecular weight is 654 g/mol. The Morgan fingerprint density at radius 1 is 0.935 bits per heavy atom. The SMILES string of the molecule is COC(=O)CCc1ccc(S(=O)(=O)N2C[C@@H]3NC(=O)c4ccc(OC)c(c4)OCC(=O)NCc4ccc(c(OC)c4)O[C@H]3C2)cc1. The molecule has 1 saturated heterocycles. The Balaban J connectivity index is 1.45. The number of esters is 1. The molecule has 3 aromatic carbocycles. The zero-order valence-corrected chi connectivity index (χ0v) is 26.4. The highest BCUT2D eigenvalue weighted by Gasteiger charge is 2.42. The standard InChI is InChI=1S/C32H35N3O10S/c1-41-25-12-8-22-15-28(25)44-19-30(36)33-16-21-6-11-26(27(14-21)42-2)45-29-18-35(17-24(29)34-32(22)38)46(39,40)23-9-4-20(5-10-23)7-13-31(37)43-3/h4-6,8-12,14-15,24,29H,7,13,16-19H2,1-3H3,(H,33,36)(H,34,38)/t24-,29-/m0/s1. The van der Waals surface area contributed by atoms with Crippen LogP contribution in [0.15, 0.2) is 65.6 Å². The van der Waals surface area contributed by atoms with Crippen molar-refractivity contribution in [1.82, 2.24) is 14.9 Å². The number of carbonyl (C=O) groups excluding carboxylic acids is 3. The highest BCUT2D eigenvalue weighted by molar-refractivity contribution is 7.89. The summed E-state index contributed by atoms with van der Waals surface area (Å²) in [6.45, 7) is -0.254. The van der Waals surface area contributed by atoms with E-state index in [1.807, 2.05) is 0 Å². The van der Waals surface area contributed by atoms with E-state index < -0.39 is 28.1 Å². The Morgan fingerprint density at radius 3 is 2.41 bits per heavy atom. The zero-order valence-electron chi connectivity index (χ0n) is 25.6. The van der Waals surface area contributed by atoms with E-state index in [0.29, 0.717) is 23.7 Å². The largest absolute Gasteiger partial charge is 0.493 e. The summed E-state index contributed by atoms with van der Waals surface area (Å²) in [5.74, 6) is 0.000725. The first-order valence-corrected chi connectivity index (χ1v) is 15.9. The van der Waals surface area contributed by atoms with Crippen LogP contribution in [-0.2, 0) is 37.3 Å². The zero-order chi connectivity index (χ0) is 32.8. The van der Waals surface area contributed by atoms with Gasteiger partial charge in [-0.15, -0.1) is 0 Å². The number of hydrogen-bond donors (Lipinski definition) is 2. The third-order valence-electron chi connectivity index (χ3n) is 7.74. The maximum Gasteiger partial charge on any atom is 0.305 e. The second-order valence-electron chi connectivity index (χ2n) is 10.7. The fraction of sp³-hybridized carbons (Fsp3) is 0.344. The van der Waals surface area contributed by atoms with Crippen molar-refractivity contribution < 1.29 is 46.5 Å². The van der Waals surface area contributed by atoms with Gasteiger partial charge in [0, 0.05) is 25.1 Å². The van der Waals surface area contributed by atoms with E-state index in [1.54, 1.807) is 36.4 Å².